The third-order valence-electron chi connectivity index (χ3n) is 2.09. The van der Waals surface area contributed by atoms with Crippen molar-refractivity contribution in [3.8, 4) is 0 Å². The quantitative estimate of drug-likeness (QED) is 0.700. The topological polar surface area (TPSA) is 84.5 Å². The molecule has 0 rings (SSSR count). The molecule has 0 aromatic carbocycles. The largest absolute Gasteiger partial charge is 0.446 e. The van der Waals surface area contributed by atoms with E-state index in [0.29, 0.717) is 12.3 Å². The molecule has 18 heavy (non-hydrogen) atoms. The standard InChI is InChI=1S/C10H21ClN2O4S/c1-7(2)9(5-6-11)12-18(15,16)13-10(14)17-8(3)4/h7-9,12H,5-6H2,1-4H3,(H,13,14). The van der Waals surface area contributed by atoms with Crippen LogP contribution in [-0.4, -0.2) is 32.5 Å². The minimum Gasteiger partial charge on any atom is -0.446 e. The van der Waals surface area contributed by atoms with Crippen molar-refractivity contribution in [3.63, 3.8) is 0 Å². The van der Waals surface area contributed by atoms with Crippen LogP contribution in [0.25, 0.3) is 0 Å². The maximum atomic E-state index is 11.6. The fourth-order valence-electron chi connectivity index (χ4n) is 1.22. The lowest BCUT2D eigenvalue weighted by atomic mass is 10.0. The van der Waals surface area contributed by atoms with Crippen LogP contribution in [-0.2, 0) is 14.9 Å². The summed E-state index contributed by atoms with van der Waals surface area (Å²) in [5.41, 5.74) is 0. The smallest absolute Gasteiger partial charge is 0.422 e. The van der Waals surface area contributed by atoms with Gasteiger partial charge in [-0.25, -0.2) is 9.52 Å². The number of alkyl halides is 1. The lowest BCUT2D eigenvalue weighted by molar-refractivity contribution is 0.121. The first-order chi connectivity index (χ1) is 8.18. The molecule has 8 heteroatoms. The van der Waals surface area contributed by atoms with Crippen molar-refractivity contribution < 1.29 is 17.9 Å². The molecular weight excluding hydrogens is 280 g/mol. The molecule has 0 saturated carbocycles. The molecule has 0 aliphatic carbocycles. The maximum Gasteiger partial charge on any atom is 0.422 e. The van der Waals surface area contributed by atoms with Gasteiger partial charge in [0.05, 0.1) is 6.10 Å². The fraction of sp³-hybridized carbons (Fsp3) is 0.900. The molecule has 0 spiro atoms. The summed E-state index contributed by atoms with van der Waals surface area (Å²) in [6.07, 6.45) is -0.894. The Hall–Kier alpha value is -0.530. The number of carbonyl (C=O) groups excluding carboxylic acids is 1. The summed E-state index contributed by atoms with van der Waals surface area (Å²) in [5.74, 6) is 0.406. The predicted molar refractivity (Wildman–Crippen MR) is 70.8 cm³/mol. The number of amides is 1. The zero-order valence-corrected chi connectivity index (χ0v) is 12.6. The van der Waals surface area contributed by atoms with Gasteiger partial charge in [-0.1, -0.05) is 13.8 Å². The third kappa shape index (κ3) is 7.73. The number of hydrogen-bond acceptors (Lipinski definition) is 4. The predicted octanol–water partition coefficient (Wildman–Crippen LogP) is 1.61. The lowest BCUT2D eigenvalue weighted by Crippen LogP contribution is -2.47. The molecule has 1 atom stereocenters. The summed E-state index contributed by atoms with van der Waals surface area (Å²) in [5, 5.41) is 0. The number of carbonyl (C=O) groups is 1. The Morgan fingerprint density at radius 1 is 1.28 bits per heavy atom. The van der Waals surface area contributed by atoms with Crippen molar-refractivity contribution in [3.05, 3.63) is 0 Å². The Labute approximate surface area is 114 Å². The van der Waals surface area contributed by atoms with Crippen LogP contribution in [0.5, 0.6) is 0 Å². The Morgan fingerprint density at radius 2 is 1.83 bits per heavy atom. The number of nitrogens with one attached hydrogen (secondary N) is 2. The van der Waals surface area contributed by atoms with E-state index >= 15 is 0 Å². The number of ether oxygens (including phenoxy) is 1. The van der Waals surface area contributed by atoms with E-state index in [1.165, 1.54) is 0 Å². The van der Waals surface area contributed by atoms with Crippen LogP contribution < -0.4 is 9.44 Å². The monoisotopic (exact) mass is 300 g/mol. The van der Waals surface area contributed by atoms with Gasteiger partial charge in [0.15, 0.2) is 0 Å². The van der Waals surface area contributed by atoms with Gasteiger partial charge in [0.2, 0.25) is 0 Å². The van der Waals surface area contributed by atoms with Gasteiger partial charge in [0.25, 0.3) is 0 Å². The van der Waals surface area contributed by atoms with Crippen LogP contribution >= 0.6 is 11.6 Å². The molecule has 0 fully saturated rings. The summed E-state index contributed by atoms with van der Waals surface area (Å²) >= 11 is 5.60. The summed E-state index contributed by atoms with van der Waals surface area (Å²) in [6.45, 7) is 6.99. The van der Waals surface area contributed by atoms with Crippen LogP contribution in [0.3, 0.4) is 0 Å². The first-order valence-electron chi connectivity index (χ1n) is 5.74. The summed E-state index contributed by atoms with van der Waals surface area (Å²) < 4.78 is 32.1. The van der Waals surface area contributed by atoms with Crippen molar-refractivity contribution in [1.82, 2.24) is 9.44 Å². The average Bonchev–Trinajstić information content (AvgIpc) is 2.13. The third-order valence-corrected chi connectivity index (χ3v) is 3.36. The Balaban J connectivity index is 4.49. The highest BCUT2D eigenvalue weighted by Crippen LogP contribution is 2.08. The minimum absolute atomic E-state index is 0.0708. The van der Waals surface area contributed by atoms with E-state index in [1.54, 1.807) is 18.6 Å². The molecule has 0 radical (unpaired) electrons. The highest BCUT2D eigenvalue weighted by molar-refractivity contribution is 7.88. The van der Waals surface area contributed by atoms with Crippen LogP contribution in [0.4, 0.5) is 4.79 Å². The summed E-state index contributed by atoms with van der Waals surface area (Å²) in [7, 11) is -3.93. The van der Waals surface area contributed by atoms with E-state index in [2.05, 4.69) is 4.72 Å². The molecule has 2 N–H and O–H groups in total. The molecule has 1 unspecified atom stereocenters. The second kappa shape index (κ2) is 7.81. The first kappa shape index (κ1) is 17.5. The van der Waals surface area contributed by atoms with Crippen LogP contribution in [0.2, 0.25) is 0 Å². The Kier molecular flexibility index (Phi) is 7.58. The van der Waals surface area contributed by atoms with E-state index in [4.69, 9.17) is 16.3 Å². The SMILES string of the molecule is CC(C)OC(=O)NS(=O)(=O)NC(CCCl)C(C)C. The maximum absolute atomic E-state index is 11.6. The summed E-state index contributed by atoms with van der Waals surface area (Å²) in [4.78, 5) is 11.2. The van der Waals surface area contributed by atoms with Crippen LogP contribution in [0.1, 0.15) is 34.1 Å². The molecule has 0 saturated heterocycles. The first-order valence-corrected chi connectivity index (χ1v) is 7.76. The van der Waals surface area contributed by atoms with Gasteiger partial charge in [-0.3, -0.25) is 0 Å². The molecular formula is C10H21ClN2O4S. The molecule has 0 aromatic heterocycles. The van der Waals surface area contributed by atoms with E-state index in [-0.39, 0.29) is 18.1 Å². The van der Waals surface area contributed by atoms with Crippen LogP contribution in [0, 0.1) is 5.92 Å². The summed E-state index contributed by atoms with van der Waals surface area (Å²) in [6, 6.07) is -0.327. The molecule has 108 valence electrons. The number of halogens is 1. The van der Waals surface area contributed by atoms with Crippen LogP contribution in [0.15, 0.2) is 0 Å². The highest BCUT2D eigenvalue weighted by Gasteiger charge is 2.22. The highest BCUT2D eigenvalue weighted by atomic mass is 35.5. The van der Waals surface area contributed by atoms with Gasteiger partial charge >= 0.3 is 16.3 Å². The van der Waals surface area contributed by atoms with Crippen molar-refractivity contribution in [2.75, 3.05) is 5.88 Å². The number of rotatable bonds is 7. The Bertz CT molecular complexity index is 357. The van der Waals surface area contributed by atoms with Gasteiger partial charge < -0.3 is 4.74 Å². The number of hydrogen-bond donors (Lipinski definition) is 2. The van der Waals surface area contributed by atoms with Gasteiger partial charge in [-0.15, -0.1) is 11.6 Å². The molecule has 0 bridgehead atoms. The van der Waals surface area contributed by atoms with Gasteiger partial charge in [0, 0.05) is 11.9 Å². The molecule has 0 aliphatic rings. The van der Waals surface area contributed by atoms with Crippen molar-refractivity contribution >= 4 is 27.9 Å². The van der Waals surface area contributed by atoms with E-state index in [0.717, 1.165) is 0 Å². The van der Waals surface area contributed by atoms with Crippen molar-refractivity contribution in [2.24, 2.45) is 5.92 Å². The second-order valence-corrected chi connectivity index (χ2v) is 6.33. The van der Waals surface area contributed by atoms with E-state index < -0.39 is 16.3 Å². The molecule has 0 aliphatic heterocycles. The molecule has 6 nitrogen and oxygen atoms in total. The Morgan fingerprint density at radius 3 is 2.22 bits per heavy atom. The minimum atomic E-state index is -3.93. The van der Waals surface area contributed by atoms with E-state index in [9.17, 15) is 13.2 Å². The lowest BCUT2D eigenvalue weighted by Gasteiger charge is -2.21. The molecule has 1 amide bonds. The second-order valence-electron chi connectivity index (χ2n) is 4.51. The zero-order chi connectivity index (χ0) is 14.3. The molecule has 0 heterocycles. The average molecular weight is 301 g/mol. The van der Waals surface area contributed by atoms with Crippen molar-refractivity contribution in [1.29, 1.82) is 0 Å². The molecule has 0 aromatic rings. The van der Waals surface area contributed by atoms with Crippen molar-refractivity contribution in [2.45, 2.75) is 46.3 Å². The van der Waals surface area contributed by atoms with Gasteiger partial charge in [-0.05, 0) is 26.2 Å². The zero-order valence-electron chi connectivity index (χ0n) is 11.1. The van der Waals surface area contributed by atoms with Gasteiger partial charge in [0.1, 0.15) is 0 Å². The van der Waals surface area contributed by atoms with E-state index in [1.807, 2.05) is 13.8 Å². The fourth-order valence-corrected chi connectivity index (χ4v) is 2.57. The van der Waals surface area contributed by atoms with Gasteiger partial charge in [-0.2, -0.15) is 13.1 Å². The normalized spacial score (nSPS) is 13.7.